The van der Waals surface area contributed by atoms with Gasteiger partial charge >= 0.3 is 0 Å². The van der Waals surface area contributed by atoms with E-state index in [1.807, 2.05) is 21.8 Å². The van der Waals surface area contributed by atoms with Crippen LogP contribution >= 0.6 is 11.3 Å². The molecular weight excluding hydrogens is 338 g/mol. The second-order valence-electron chi connectivity index (χ2n) is 5.98. The molecule has 1 aromatic heterocycles. The Morgan fingerprint density at radius 3 is 2.76 bits per heavy atom. The molecule has 0 aliphatic carbocycles. The van der Waals surface area contributed by atoms with Crippen molar-refractivity contribution in [2.24, 2.45) is 4.99 Å². The van der Waals surface area contributed by atoms with E-state index in [4.69, 9.17) is 4.74 Å². The minimum atomic E-state index is -0.344. The lowest BCUT2D eigenvalue weighted by Gasteiger charge is -2.16. The van der Waals surface area contributed by atoms with Gasteiger partial charge in [-0.3, -0.25) is 9.59 Å². The number of nitrogens with zero attached hydrogens (tertiary/aromatic N) is 3. The molecule has 0 saturated carbocycles. The van der Waals surface area contributed by atoms with Crippen LogP contribution in [0.4, 0.5) is 0 Å². The van der Waals surface area contributed by atoms with Gasteiger partial charge in [0, 0.05) is 29.7 Å². The van der Waals surface area contributed by atoms with E-state index in [1.54, 1.807) is 31.4 Å². The molecule has 0 N–H and O–H groups in total. The summed E-state index contributed by atoms with van der Waals surface area (Å²) in [5.41, 5.74) is 1.39. The Morgan fingerprint density at radius 1 is 1.28 bits per heavy atom. The Labute approximate surface area is 150 Å². The maximum atomic E-state index is 12.5. The Morgan fingerprint density at radius 2 is 2.04 bits per heavy atom. The molecule has 2 heterocycles. The number of rotatable bonds is 4. The van der Waals surface area contributed by atoms with Gasteiger partial charge in [-0.15, -0.1) is 11.3 Å². The quantitative estimate of drug-likeness (QED) is 0.841. The second-order valence-corrected chi connectivity index (χ2v) is 6.82. The Balaban J connectivity index is 1.85. The molecule has 1 aliphatic heterocycles. The number of ether oxygens (including phenoxy) is 1. The summed E-state index contributed by atoms with van der Waals surface area (Å²) in [5.74, 6) is 0.345. The smallest absolute Gasteiger partial charge is 0.279 e. The van der Waals surface area contributed by atoms with Crippen molar-refractivity contribution in [3.8, 4) is 5.75 Å². The highest BCUT2D eigenvalue weighted by molar-refractivity contribution is 7.07. The lowest BCUT2D eigenvalue weighted by Crippen LogP contribution is -2.34. The first kappa shape index (κ1) is 17.4. The van der Waals surface area contributed by atoms with Gasteiger partial charge in [0.1, 0.15) is 12.3 Å². The molecule has 0 bridgehead atoms. The maximum absolute atomic E-state index is 12.5. The van der Waals surface area contributed by atoms with Crippen molar-refractivity contribution in [3.63, 3.8) is 0 Å². The van der Waals surface area contributed by atoms with Crippen molar-refractivity contribution in [1.29, 1.82) is 0 Å². The number of likely N-dealkylation sites (tertiary alicyclic amines) is 1. The van der Waals surface area contributed by atoms with E-state index in [9.17, 15) is 9.59 Å². The van der Waals surface area contributed by atoms with Gasteiger partial charge in [-0.2, -0.15) is 4.99 Å². The number of carbonyl (C=O) groups excluding carboxylic acids is 2. The predicted molar refractivity (Wildman–Crippen MR) is 95.7 cm³/mol. The summed E-state index contributed by atoms with van der Waals surface area (Å²) in [5, 5.41) is 1.91. The third kappa shape index (κ3) is 3.99. The Bertz CT molecular complexity index is 847. The molecule has 1 saturated heterocycles. The monoisotopic (exact) mass is 359 g/mol. The number of aryl methyl sites for hydroxylation is 1. The minimum absolute atomic E-state index is 0.0780. The summed E-state index contributed by atoms with van der Waals surface area (Å²) in [6, 6.07) is 6.90. The maximum Gasteiger partial charge on any atom is 0.279 e. The summed E-state index contributed by atoms with van der Waals surface area (Å²) >= 11 is 1.37. The third-order valence-electron chi connectivity index (χ3n) is 4.26. The lowest BCUT2D eigenvalue weighted by atomic mass is 10.2. The van der Waals surface area contributed by atoms with E-state index in [0.717, 1.165) is 31.6 Å². The Kier molecular flexibility index (Phi) is 5.33. The van der Waals surface area contributed by atoms with Crippen LogP contribution in [0.5, 0.6) is 5.75 Å². The fourth-order valence-corrected chi connectivity index (χ4v) is 3.68. The van der Waals surface area contributed by atoms with Crippen molar-refractivity contribution < 1.29 is 14.3 Å². The van der Waals surface area contributed by atoms with Gasteiger partial charge in [0.25, 0.3) is 5.91 Å². The molecule has 1 fully saturated rings. The van der Waals surface area contributed by atoms with Crippen LogP contribution in [0.3, 0.4) is 0 Å². The normalized spacial score (nSPS) is 14.8. The molecule has 7 heteroatoms. The SMILES string of the molecule is COc1cccc(C(=O)N=c2scc(C)n2CC(=O)N2CCCC2)c1. The molecule has 0 radical (unpaired) electrons. The average Bonchev–Trinajstić information content (AvgIpc) is 3.27. The molecule has 1 aliphatic rings. The highest BCUT2D eigenvalue weighted by atomic mass is 32.1. The standard InChI is InChI=1S/C18H21N3O3S/c1-13-12-25-18(21(13)11-16(22)20-8-3-4-9-20)19-17(23)14-6-5-7-15(10-14)24-2/h5-7,10,12H,3-4,8-9,11H2,1-2H3. The predicted octanol–water partition coefficient (Wildman–Crippen LogP) is 2.23. The zero-order valence-electron chi connectivity index (χ0n) is 14.4. The van der Waals surface area contributed by atoms with E-state index in [2.05, 4.69) is 4.99 Å². The average molecular weight is 359 g/mol. The molecule has 3 rings (SSSR count). The number of hydrogen-bond acceptors (Lipinski definition) is 4. The number of aromatic nitrogens is 1. The van der Waals surface area contributed by atoms with Gasteiger partial charge in [-0.1, -0.05) is 6.07 Å². The van der Waals surface area contributed by atoms with Crippen LogP contribution in [-0.4, -0.2) is 41.5 Å². The van der Waals surface area contributed by atoms with E-state index in [-0.39, 0.29) is 18.4 Å². The van der Waals surface area contributed by atoms with Gasteiger partial charge in [-0.25, -0.2) is 0 Å². The van der Waals surface area contributed by atoms with Crippen molar-refractivity contribution in [1.82, 2.24) is 9.47 Å². The van der Waals surface area contributed by atoms with Gasteiger partial charge in [0.15, 0.2) is 4.80 Å². The fourth-order valence-electron chi connectivity index (χ4n) is 2.80. The van der Waals surface area contributed by atoms with E-state index >= 15 is 0 Å². The number of thiazole rings is 1. The van der Waals surface area contributed by atoms with E-state index in [0.29, 0.717) is 16.1 Å². The van der Waals surface area contributed by atoms with Crippen LogP contribution in [0.1, 0.15) is 28.9 Å². The summed E-state index contributed by atoms with van der Waals surface area (Å²) in [6.45, 7) is 3.78. The minimum Gasteiger partial charge on any atom is -0.497 e. The van der Waals surface area contributed by atoms with Crippen LogP contribution in [-0.2, 0) is 11.3 Å². The van der Waals surface area contributed by atoms with Gasteiger partial charge in [-0.05, 0) is 38.0 Å². The molecule has 132 valence electrons. The molecule has 1 aromatic carbocycles. The van der Waals surface area contributed by atoms with Gasteiger partial charge < -0.3 is 14.2 Å². The zero-order valence-corrected chi connectivity index (χ0v) is 15.2. The molecule has 0 spiro atoms. The van der Waals surface area contributed by atoms with E-state index in [1.165, 1.54) is 11.3 Å². The number of benzene rings is 1. The van der Waals surface area contributed by atoms with Crippen LogP contribution in [0.15, 0.2) is 34.6 Å². The first-order valence-corrected chi connectivity index (χ1v) is 9.12. The van der Waals surface area contributed by atoms with Crippen LogP contribution in [0.25, 0.3) is 0 Å². The van der Waals surface area contributed by atoms with Crippen LogP contribution in [0.2, 0.25) is 0 Å². The van der Waals surface area contributed by atoms with Crippen LogP contribution < -0.4 is 9.54 Å². The Hall–Kier alpha value is -2.41. The summed E-state index contributed by atoms with van der Waals surface area (Å²) in [4.78, 5) is 31.5. The van der Waals surface area contributed by atoms with Crippen molar-refractivity contribution in [3.05, 3.63) is 45.7 Å². The molecule has 6 nitrogen and oxygen atoms in total. The summed E-state index contributed by atoms with van der Waals surface area (Å²) < 4.78 is 6.95. The van der Waals surface area contributed by atoms with Gasteiger partial charge in [0.05, 0.1) is 7.11 Å². The molecule has 2 amide bonds. The first-order chi connectivity index (χ1) is 12.1. The molecule has 0 unspecified atom stereocenters. The van der Waals surface area contributed by atoms with E-state index < -0.39 is 0 Å². The highest BCUT2D eigenvalue weighted by Crippen LogP contribution is 2.13. The number of hydrogen-bond donors (Lipinski definition) is 0. The van der Waals surface area contributed by atoms with Gasteiger partial charge in [0.2, 0.25) is 5.91 Å². The largest absolute Gasteiger partial charge is 0.497 e. The lowest BCUT2D eigenvalue weighted by molar-refractivity contribution is -0.130. The summed E-state index contributed by atoms with van der Waals surface area (Å²) in [7, 11) is 1.56. The second kappa shape index (κ2) is 7.65. The van der Waals surface area contributed by atoms with Crippen molar-refractivity contribution in [2.45, 2.75) is 26.3 Å². The molecule has 0 atom stereocenters. The fraction of sp³-hybridized carbons (Fsp3) is 0.389. The van der Waals surface area contributed by atoms with Crippen molar-refractivity contribution >= 4 is 23.2 Å². The van der Waals surface area contributed by atoms with Crippen LogP contribution in [0, 0.1) is 6.92 Å². The molecular formula is C18H21N3O3S. The highest BCUT2D eigenvalue weighted by Gasteiger charge is 2.19. The molecule has 2 aromatic rings. The topological polar surface area (TPSA) is 63.9 Å². The number of amides is 2. The zero-order chi connectivity index (χ0) is 17.8. The molecule has 25 heavy (non-hydrogen) atoms. The summed E-state index contributed by atoms with van der Waals surface area (Å²) in [6.07, 6.45) is 2.12. The first-order valence-electron chi connectivity index (χ1n) is 8.24. The number of carbonyl (C=O) groups is 2. The third-order valence-corrected chi connectivity index (χ3v) is 5.24. The van der Waals surface area contributed by atoms with Crippen molar-refractivity contribution in [2.75, 3.05) is 20.2 Å². The number of methoxy groups -OCH3 is 1.